The van der Waals surface area contributed by atoms with Gasteiger partial charge in [-0.2, -0.15) is 0 Å². The zero-order valence-electron chi connectivity index (χ0n) is 12.4. The van der Waals surface area contributed by atoms with E-state index in [1.54, 1.807) is 12.3 Å². The van der Waals surface area contributed by atoms with E-state index in [2.05, 4.69) is 37.3 Å². The first-order valence-electron chi connectivity index (χ1n) is 7.05. The summed E-state index contributed by atoms with van der Waals surface area (Å²) < 4.78 is 1.07. The Kier molecular flexibility index (Phi) is 4.83. The molecule has 2 aromatic heterocycles. The lowest BCUT2D eigenvalue weighted by Gasteiger charge is -2.02. The molecule has 2 heterocycles. The van der Waals surface area contributed by atoms with E-state index in [0.29, 0.717) is 10.8 Å². The number of carbonyl (C=O) groups is 1. The fourth-order valence-corrected chi connectivity index (χ4v) is 3.36. The molecule has 1 aromatic carbocycles. The maximum atomic E-state index is 12.2. The second-order valence-corrected chi connectivity index (χ2v) is 6.99. The minimum Gasteiger partial charge on any atom is -0.296 e. The summed E-state index contributed by atoms with van der Waals surface area (Å²) in [6, 6.07) is 13.4. The highest BCUT2D eigenvalue weighted by molar-refractivity contribution is 9.10. The molecule has 0 aliphatic heterocycles. The van der Waals surface area contributed by atoms with Gasteiger partial charge in [0, 0.05) is 27.7 Å². The van der Waals surface area contributed by atoms with Crippen LogP contribution in [-0.4, -0.2) is 15.9 Å². The monoisotopic (exact) mass is 387 g/mol. The molecule has 23 heavy (non-hydrogen) atoms. The van der Waals surface area contributed by atoms with Crippen molar-refractivity contribution in [1.82, 2.24) is 9.97 Å². The summed E-state index contributed by atoms with van der Waals surface area (Å²) in [7, 11) is 0. The summed E-state index contributed by atoms with van der Waals surface area (Å²) in [6.07, 6.45) is 2.57. The average molecular weight is 388 g/mol. The molecule has 4 nitrogen and oxygen atoms in total. The van der Waals surface area contributed by atoms with Crippen molar-refractivity contribution in [3.05, 3.63) is 75.0 Å². The summed E-state index contributed by atoms with van der Waals surface area (Å²) >= 11 is 5.02. The number of aromatic nitrogens is 2. The van der Waals surface area contributed by atoms with E-state index >= 15 is 0 Å². The van der Waals surface area contributed by atoms with E-state index in [9.17, 15) is 4.79 Å². The predicted octanol–water partition coefficient (Wildman–Crippen LogP) is 4.45. The third-order valence-electron chi connectivity index (χ3n) is 3.22. The summed E-state index contributed by atoms with van der Waals surface area (Å²) in [5.74, 6) is -0.240. The Bertz CT molecular complexity index is 847. The number of pyridine rings is 1. The molecule has 0 bridgehead atoms. The number of nitrogens with one attached hydrogen (secondary N) is 1. The first-order valence-corrected chi connectivity index (χ1v) is 8.66. The number of nitrogens with zero attached hydrogens (tertiary/aromatic N) is 2. The van der Waals surface area contributed by atoms with Crippen molar-refractivity contribution in [1.29, 1.82) is 0 Å². The molecule has 116 valence electrons. The number of hydrogen-bond donors (Lipinski definition) is 1. The normalized spacial score (nSPS) is 10.5. The molecule has 1 amide bonds. The number of thiazole rings is 1. The van der Waals surface area contributed by atoms with E-state index in [4.69, 9.17) is 0 Å². The van der Waals surface area contributed by atoms with Gasteiger partial charge in [-0.25, -0.2) is 9.97 Å². The van der Waals surface area contributed by atoms with Crippen LogP contribution >= 0.6 is 27.3 Å². The van der Waals surface area contributed by atoms with Crippen molar-refractivity contribution in [2.75, 3.05) is 5.32 Å². The zero-order chi connectivity index (χ0) is 16.2. The molecule has 0 spiro atoms. The number of carbonyl (C=O) groups excluding carboxylic acids is 1. The molecule has 3 aromatic rings. The van der Waals surface area contributed by atoms with Gasteiger partial charge >= 0.3 is 0 Å². The molecule has 0 saturated carbocycles. The molecule has 0 radical (unpaired) electrons. The maximum Gasteiger partial charge on any atom is 0.276 e. The standard InChI is InChI=1S/C17H14BrN3OS/c1-11-5-4-8-15(20-11)16(22)21-17-19-10-13(23-17)9-12-6-2-3-7-14(12)18/h2-8,10H,9H2,1H3,(H,19,21,22). The van der Waals surface area contributed by atoms with Crippen LogP contribution in [0.3, 0.4) is 0 Å². The van der Waals surface area contributed by atoms with Crippen LogP contribution in [-0.2, 0) is 6.42 Å². The number of amides is 1. The fourth-order valence-electron chi connectivity index (χ4n) is 2.11. The molecule has 0 aliphatic rings. The summed E-state index contributed by atoms with van der Waals surface area (Å²) in [6.45, 7) is 1.86. The number of benzene rings is 1. The lowest BCUT2D eigenvalue weighted by atomic mass is 10.1. The third kappa shape index (κ3) is 4.03. The van der Waals surface area contributed by atoms with Gasteiger partial charge in [0.25, 0.3) is 5.91 Å². The van der Waals surface area contributed by atoms with Gasteiger partial charge < -0.3 is 0 Å². The van der Waals surface area contributed by atoms with Crippen molar-refractivity contribution in [2.45, 2.75) is 13.3 Å². The number of rotatable bonds is 4. The fraction of sp³-hybridized carbons (Fsp3) is 0.118. The van der Waals surface area contributed by atoms with E-state index in [1.165, 1.54) is 16.9 Å². The van der Waals surface area contributed by atoms with Gasteiger partial charge in [0.05, 0.1) is 0 Å². The second kappa shape index (κ2) is 7.02. The first-order chi connectivity index (χ1) is 11.1. The molecular weight excluding hydrogens is 374 g/mol. The number of anilines is 1. The van der Waals surface area contributed by atoms with Crippen molar-refractivity contribution in [3.63, 3.8) is 0 Å². The maximum absolute atomic E-state index is 12.2. The summed E-state index contributed by atoms with van der Waals surface area (Å²) in [4.78, 5) is 21.7. The Labute approximate surface area is 146 Å². The Morgan fingerprint density at radius 3 is 2.83 bits per heavy atom. The molecule has 0 saturated heterocycles. The first kappa shape index (κ1) is 15.8. The number of halogens is 1. The molecule has 0 aliphatic carbocycles. The third-order valence-corrected chi connectivity index (χ3v) is 4.90. The van der Waals surface area contributed by atoms with Gasteiger partial charge in [-0.3, -0.25) is 10.1 Å². The van der Waals surface area contributed by atoms with E-state index in [1.807, 2.05) is 37.3 Å². The van der Waals surface area contributed by atoms with Crippen LogP contribution in [0.25, 0.3) is 0 Å². The van der Waals surface area contributed by atoms with Crippen LogP contribution in [0.15, 0.2) is 53.1 Å². The average Bonchev–Trinajstić information content (AvgIpc) is 2.97. The van der Waals surface area contributed by atoms with E-state index in [0.717, 1.165) is 21.5 Å². The predicted molar refractivity (Wildman–Crippen MR) is 96.0 cm³/mol. The van der Waals surface area contributed by atoms with E-state index < -0.39 is 0 Å². The van der Waals surface area contributed by atoms with Crippen molar-refractivity contribution >= 4 is 38.3 Å². The molecular formula is C17H14BrN3OS. The topological polar surface area (TPSA) is 54.9 Å². The van der Waals surface area contributed by atoms with Gasteiger partial charge in [-0.15, -0.1) is 11.3 Å². The smallest absolute Gasteiger partial charge is 0.276 e. The van der Waals surface area contributed by atoms with Gasteiger partial charge in [-0.1, -0.05) is 40.2 Å². The van der Waals surface area contributed by atoms with Crippen LogP contribution < -0.4 is 5.32 Å². The number of aryl methyl sites for hydroxylation is 1. The Hall–Kier alpha value is -2.05. The highest BCUT2D eigenvalue weighted by atomic mass is 79.9. The van der Waals surface area contributed by atoms with Crippen molar-refractivity contribution in [2.24, 2.45) is 0 Å². The van der Waals surface area contributed by atoms with Crippen LogP contribution in [0.5, 0.6) is 0 Å². The van der Waals surface area contributed by atoms with Crippen LogP contribution in [0.2, 0.25) is 0 Å². The Balaban J connectivity index is 1.70. The zero-order valence-corrected chi connectivity index (χ0v) is 14.8. The van der Waals surface area contributed by atoms with Crippen molar-refractivity contribution < 1.29 is 4.79 Å². The summed E-state index contributed by atoms with van der Waals surface area (Å²) in [5, 5.41) is 3.38. The highest BCUT2D eigenvalue weighted by Crippen LogP contribution is 2.25. The largest absolute Gasteiger partial charge is 0.296 e. The molecule has 0 unspecified atom stereocenters. The van der Waals surface area contributed by atoms with Gasteiger partial charge in [0.2, 0.25) is 0 Å². The lowest BCUT2D eigenvalue weighted by molar-refractivity contribution is 0.102. The van der Waals surface area contributed by atoms with E-state index in [-0.39, 0.29) is 5.91 Å². The minimum atomic E-state index is -0.240. The highest BCUT2D eigenvalue weighted by Gasteiger charge is 2.11. The van der Waals surface area contributed by atoms with Crippen molar-refractivity contribution in [3.8, 4) is 0 Å². The summed E-state index contributed by atoms with van der Waals surface area (Å²) in [5.41, 5.74) is 2.40. The van der Waals surface area contributed by atoms with Gasteiger partial charge in [0.15, 0.2) is 5.13 Å². The molecule has 0 atom stereocenters. The van der Waals surface area contributed by atoms with Crippen LogP contribution in [0, 0.1) is 6.92 Å². The quantitative estimate of drug-likeness (QED) is 0.719. The number of hydrogen-bond acceptors (Lipinski definition) is 4. The molecule has 6 heteroatoms. The Morgan fingerprint density at radius 2 is 2.04 bits per heavy atom. The Morgan fingerprint density at radius 1 is 1.22 bits per heavy atom. The molecule has 3 rings (SSSR count). The second-order valence-electron chi connectivity index (χ2n) is 5.02. The molecule has 1 N–H and O–H groups in total. The lowest BCUT2D eigenvalue weighted by Crippen LogP contribution is -2.13. The van der Waals surface area contributed by atoms with Crippen LogP contribution in [0.4, 0.5) is 5.13 Å². The molecule has 0 fully saturated rings. The SMILES string of the molecule is Cc1cccc(C(=O)Nc2ncc(Cc3ccccc3Br)s2)n1. The van der Waals surface area contributed by atoms with Gasteiger partial charge in [-0.05, 0) is 30.7 Å². The minimum absolute atomic E-state index is 0.240. The van der Waals surface area contributed by atoms with Gasteiger partial charge in [0.1, 0.15) is 5.69 Å². The van der Waals surface area contributed by atoms with Crippen LogP contribution in [0.1, 0.15) is 26.6 Å².